The Hall–Kier alpha value is -2.20. The second-order valence-electron chi connectivity index (χ2n) is 7.29. The molecule has 1 heteroatoms. The zero-order valence-electron chi connectivity index (χ0n) is 16.1. The van der Waals surface area contributed by atoms with Crippen molar-refractivity contribution in [2.24, 2.45) is 5.92 Å². The topological polar surface area (TPSA) is 9.23 Å². The van der Waals surface area contributed by atoms with Crippen LogP contribution < -0.4 is 4.74 Å². The normalized spacial score (nSPS) is 19.5. The molecule has 0 saturated heterocycles. The number of benzene rings is 2. The quantitative estimate of drug-likeness (QED) is 0.572. The molecule has 1 nitrogen and oxygen atoms in total. The summed E-state index contributed by atoms with van der Waals surface area (Å²) < 4.78 is 5.62. The highest BCUT2D eigenvalue weighted by molar-refractivity contribution is 5.38. The minimum atomic E-state index is 0.539. The highest BCUT2D eigenvalue weighted by Crippen LogP contribution is 2.35. The highest BCUT2D eigenvalue weighted by atomic mass is 16.5. The van der Waals surface area contributed by atoms with Crippen LogP contribution in [0.25, 0.3) is 0 Å². The van der Waals surface area contributed by atoms with Crippen LogP contribution in [0.4, 0.5) is 0 Å². The Kier molecular flexibility index (Phi) is 6.78. The van der Waals surface area contributed by atoms with Gasteiger partial charge in [0, 0.05) is 11.5 Å². The summed E-state index contributed by atoms with van der Waals surface area (Å²) in [5, 5.41) is 0. The lowest BCUT2D eigenvalue weighted by molar-refractivity contribution is 0.317. The summed E-state index contributed by atoms with van der Waals surface area (Å²) in [7, 11) is 0. The van der Waals surface area contributed by atoms with Crippen molar-refractivity contribution in [3.8, 4) is 17.6 Å². The van der Waals surface area contributed by atoms with Crippen LogP contribution in [-0.2, 0) is 6.42 Å². The molecule has 2 aromatic rings. The molecule has 0 heterocycles. The first-order chi connectivity index (χ1) is 12.8. The molecule has 1 saturated carbocycles. The highest BCUT2D eigenvalue weighted by Gasteiger charge is 2.21. The van der Waals surface area contributed by atoms with Crippen molar-refractivity contribution in [2.45, 2.75) is 58.3 Å². The van der Waals surface area contributed by atoms with Gasteiger partial charge in [-0.05, 0) is 79.8 Å². The van der Waals surface area contributed by atoms with Crippen molar-refractivity contribution >= 4 is 0 Å². The number of rotatable bonds is 5. The van der Waals surface area contributed by atoms with Gasteiger partial charge in [0.25, 0.3) is 0 Å². The first kappa shape index (κ1) is 18.6. The van der Waals surface area contributed by atoms with Gasteiger partial charge >= 0.3 is 0 Å². The van der Waals surface area contributed by atoms with Crippen LogP contribution >= 0.6 is 0 Å². The van der Waals surface area contributed by atoms with Gasteiger partial charge in [-0.25, -0.2) is 0 Å². The second kappa shape index (κ2) is 9.48. The molecule has 0 spiro atoms. The van der Waals surface area contributed by atoms with Crippen LogP contribution in [0.15, 0.2) is 48.5 Å². The van der Waals surface area contributed by atoms with E-state index in [0.717, 1.165) is 30.8 Å². The molecule has 1 aliphatic carbocycles. The van der Waals surface area contributed by atoms with E-state index in [2.05, 4.69) is 62.1 Å². The molecule has 0 bridgehead atoms. The van der Waals surface area contributed by atoms with Crippen LogP contribution in [0, 0.1) is 17.8 Å². The lowest BCUT2D eigenvalue weighted by atomic mass is 9.79. The van der Waals surface area contributed by atoms with E-state index in [1.807, 2.05) is 12.1 Å². The molecule has 3 rings (SSSR count). The number of hydrogen-bond donors (Lipinski definition) is 0. The lowest BCUT2D eigenvalue weighted by Crippen LogP contribution is -2.12. The molecule has 2 aromatic carbocycles. The Morgan fingerprint density at radius 2 is 1.58 bits per heavy atom. The van der Waals surface area contributed by atoms with Crippen molar-refractivity contribution in [1.82, 2.24) is 0 Å². The summed E-state index contributed by atoms with van der Waals surface area (Å²) in [5.41, 5.74) is 4.03. The summed E-state index contributed by atoms with van der Waals surface area (Å²) in [6, 6.07) is 17.4. The molecule has 136 valence electrons. The first-order valence-corrected chi connectivity index (χ1v) is 10.1. The zero-order valence-corrected chi connectivity index (χ0v) is 16.1. The molecule has 1 fully saturated rings. The lowest BCUT2D eigenvalue weighted by Gasteiger charge is -2.26. The molecule has 0 atom stereocenters. The Bertz CT molecular complexity index is 722. The second-order valence-corrected chi connectivity index (χ2v) is 7.29. The fourth-order valence-electron chi connectivity index (χ4n) is 3.64. The van der Waals surface area contributed by atoms with Gasteiger partial charge < -0.3 is 4.74 Å². The van der Waals surface area contributed by atoms with Crippen LogP contribution in [0.3, 0.4) is 0 Å². The van der Waals surface area contributed by atoms with E-state index < -0.39 is 0 Å². The molecule has 0 N–H and O–H groups in total. The Morgan fingerprint density at radius 3 is 2.19 bits per heavy atom. The Labute approximate surface area is 158 Å². The Morgan fingerprint density at radius 1 is 0.885 bits per heavy atom. The van der Waals surface area contributed by atoms with Crippen molar-refractivity contribution in [3.63, 3.8) is 0 Å². The summed E-state index contributed by atoms with van der Waals surface area (Å²) in [6.07, 6.45) is 7.10. The summed E-state index contributed by atoms with van der Waals surface area (Å²) in [4.78, 5) is 0. The molecule has 0 aromatic heterocycles. The summed E-state index contributed by atoms with van der Waals surface area (Å²) >= 11 is 0. The van der Waals surface area contributed by atoms with Gasteiger partial charge in [0.2, 0.25) is 0 Å². The smallest absolute Gasteiger partial charge is 0.119 e. The van der Waals surface area contributed by atoms with Gasteiger partial charge in [0.05, 0.1) is 6.61 Å². The minimum absolute atomic E-state index is 0.539. The zero-order chi connectivity index (χ0) is 18.2. The average Bonchev–Trinajstić information content (AvgIpc) is 2.72. The third-order valence-corrected chi connectivity index (χ3v) is 5.33. The van der Waals surface area contributed by atoms with E-state index in [4.69, 9.17) is 4.74 Å². The first-order valence-electron chi connectivity index (χ1n) is 10.1. The molecular formula is C25H30O. The van der Waals surface area contributed by atoms with Crippen LogP contribution in [0.5, 0.6) is 5.75 Å². The molecular weight excluding hydrogens is 316 g/mol. The van der Waals surface area contributed by atoms with Crippen molar-refractivity contribution in [3.05, 3.63) is 65.2 Å². The third-order valence-electron chi connectivity index (χ3n) is 5.33. The summed E-state index contributed by atoms with van der Waals surface area (Å²) in [6.45, 7) is 5.11. The maximum atomic E-state index is 5.62. The fourth-order valence-corrected chi connectivity index (χ4v) is 3.64. The van der Waals surface area contributed by atoms with Gasteiger partial charge in [-0.3, -0.25) is 0 Å². The van der Waals surface area contributed by atoms with Gasteiger partial charge in [0.1, 0.15) is 5.75 Å². The van der Waals surface area contributed by atoms with E-state index in [-0.39, 0.29) is 0 Å². The predicted molar refractivity (Wildman–Crippen MR) is 110 cm³/mol. The average molecular weight is 347 g/mol. The van der Waals surface area contributed by atoms with Crippen LogP contribution in [0.2, 0.25) is 0 Å². The maximum Gasteiger partial charge on any atom is 0.119 e. The van der Waals surface area contributed by atoms with Crippen LogP contribution in [-0.4, -0.2) is 6.61 Å². The minimum Gasteiger partial charge on any atom is -0.494 e. The predicted octanol–water partition coefficient (Wildman–Crippen LogP) is 6.36. The van der Waals surface area contributed by atoms with E-state index in [0.29, 0.717) is 11.8 Å². The summed E-state index contributed by atoms with van der Waals surface area (Å²) in [5.74, 6) is 9.05. The Balaban J connectivity index is 1.51. The molecule has 26 heavy (non-hydrogen) atoms. The van der Waals surface area contributed by atoms with Gasteiger partial charge in [0.15, 0.2) is 0 Å². The fraction of sp³-hybridized carbons (Fsp3) is 0.440. The van der Waals surface area contributed by atoms with Gasteiger partial charge in [-0.2, -0.15) is 0 Å². The van der Waals surface area contributed by atoms with Crippen molar-refractivity contribution in [2.75, 3.05) is 6.61 Å². The van der Waals surface area contributed by atoms with Crippen molar-refractivity contribution < 1.29 is 4.74 Å². The number of ether oxygens (including phenoxy) is 1. The monoisotopic (exact) mass is 346 g/mol. The largest absolute Gasteiger partial charge is 0.494 e. The van der Waals surface area contributed by atoms with E-state index in [9.17, 15) is 0 Å². The van der Waals surface area contributed by atoms with E-state index >= 15 is 0 Å². The van der Waals surface area contributed by atoms with Gasteiger partial charge in [-0.15, -0.1) is 0 Å². The van der Waals surface area contributed by atoms with Crippen LogP contribution in [0.1, 0.15) is 68.6 Å². The van der Waals surface area contributed by atoms with E-state index in [1.165, 1.54) is 36.8 Å². The van der Waals surface area contributed by atoms with Crippen molar-refractivity contribution in [1.29, 1.82) is 0 Å². The maximum absolute atomic E-state index is 5.62. The molecule has 0 radical (unpaired) electrons. The molecule has 1 aliphatic rings. The van der Waals surface area contributed by atoms with Gasteiger partial charge in [-0.1, -0.05) is 50.0 Å². The SMILES string of the molecule is CCCOc1ccc(C#CC2CCC(c3ccc(CC)cc3)CC2)cc1. The third kappa shape index (κ3) is 5.15. The standard InChI is InChI=1S/C25H30O/c1-3-19-26-25-17-11-22(12-18-25)6-5-21-9-15-24(16-10-21)23-13-7-20(4-2)8-14-23/h7-8,11-14,17-18,21,24H,3-4,9-10,15-16,19H2,1-2H3. The molecule has 0 aliphatic heterocycles. The number of aryl methyl sites for hydroxylation is 1. The van der Waals surface area contributed by atoms with E-state index in [1.54, 1.807) is 0 Å². The number of hydrogen-bond acceptors (Lipinski definition) is 1. The molecule has 0 unspecified atom stereocenters. The molecule has 0 amide bonds.